The van der Waals surface area contributed by atoms with E-state index >= 15 is 0 Å². The highest BCUT2D eigenvalue weighted by molar-refractivity contribution is 5.63. The Hall–Kier alpha value is -2.38. The zero-order valence-corrected chi connectivity index (χ0v) is 18.9. The van der Waals surface area contributed by atoms with Crippen LogP contribution in [0.3, 0.4) is 0 Å². The molecule has 2 heterocycles. The van der Waals surface area contributed by atoms with E-state index in [1.165, 1.54) is 41.5 Å². The Kier molecular flexibility index (Phi) is 3.05. The van der Waals surface area contributed by atoms with E-state index in [1.54, 1.807) is 0 Å². The van der Waals surface area contributed by atoms with Crippen LogP contribution < -0.4 is 0 Å². The maximum Gasteiger partial charge on any atom is 0.124 e. The van der Waals surface area contributed by atoms with Crippen molar-refractivity contribution in [2.75, 3.05) is 0 Å². The van der Waals surface area contributed by atoms with Gasteiger partial charge in [-0.3, -0.25) is 0 Å². The fourth-order valence-electron chi connectivity index (χ4n) is 9.93. The maximum absolute atomic E-state index is 7.54. The molecule has 0 amide bonds. The van der Waals surface area contributed by atoms with Gasteiger partial charge < -0.3 is 4.74 Å². The van der Waals surface area contributed by atoms with E-state index in [1.807, 2.05) is 0 Å². The molecule has 1 saturated heterocycles. The Morgan fingerprint density at radius 1 is 0.625 bits per heavy atom. The van der Waals surface area contributed by atoms with Crippen LogP contribution in [0, 0.1) is 34.5 Å². The highest BCUT2D eigenvalue weighted by Crippen LogP contribution is 2.94. The van der Waals surface area contributed by atoms with Gasteiger partial charge in [0.1, 0.15) is 11.2 Å². The predicted octanol–water partition coefficient (Wildman–Crippen LogP) is 6.91. The molecule has 5 aliphatic rings. The summed E-state index contributed by atoms with van der Waals surface area (Å²) in [5.74, 6) is 2.80. The second kappa shape index (κ2) is 5.39. The summed E-state index contributed by atoms with van der Waals surface area (Å²) in [5.41, 5.74) is 5.61. The van der Waals surface area contributed by atoms with Crippen molar-refractivity contribution in [3.05, 3.63) is 107 Å². The smallest absolute Gasteiger partial charge is 0.124 e. The maximum atomic E-state index is 7.54. The second-order valence-electron chi connectivity index (χ2n) is 11.7. The highest BCUT2D eigenvalue weighted by atomic mass is 16.5. The third-order valence-electron chi connectivity index (χ3n) is 10.8. The Bertz CT molecular complexity index is 1170. The van der Waals surface area contributed by atoms with Gasteiger partial charge in [0.2, 0.25) is 0 Å². The molecule has 32 heavy (non-hydrogen) atoms. The minimum Gasteiger partial charge on any atom is -0.349 e. The Labute approximate surface area is 190 Å². The van der Waals surface area contributed by atoms with E-state index in [0.29, 0.717) is 22.7 Å². The Balaban J connectivity index is 1.48. The van der Waals surface area contributed by atoms with E-state index < -0.39 is 0 Å². The first-order valence-corrected chi connectivity index (χ1v) is 12.5. The predicted molar refractivity (Wildman–Crippen MR) is 126 cm³/mol. The topological polar surface area (TPSA) is 9.23 Å². The molecule has 3 aromatic rings. The molecule has 6 atom stereocenters. The first kappa shape index (κ1) is 18.1. The van der Waals surface area contributed by atoms with E-state index in [2.05, 4.69) is 98.8 Å². The van der Waals surface area contributed by atoms with Crippen LogP contribution in [0.5, 0.6) is 0 Å². The molecule has 4 bridgehead atoms. The van der Waals surface area contributed by atoms with Crippen molar-refractivity contribution in [2.45, 2.75) is 44.3 Å². The van der Waals surface area contributed by atoms with Crippen LogP contribution >= 0.6 is 0 Å². The molecule has 1 heteroatoms. The Morgan fingerprint density at radius 3 is 1.56 bits per heavy atom. The molecule has 4 fully saturated rings. The van der Waals surface area contributed by atoms with Crippen LogP contribution in [-0.4, -0.2) is 0 Å². The van der Waals surface area contributed by atoms with Gasteiger partial charge in [0.15, 0.2) is 0 Å². The van der Waals surface area contributed by atoms with Crippen LogP contribution in [0.15, 0.2) is 84.9 Å². The van der Waals surface area contributed by atoms with Crippen molar-refractivity contribution >= 4 is 0 Å². The van der Waals surface area contributed by atoms with Crippen LogP contribution in [-0.2, 0) is 15.9 Å². The van der Waals surface area contributed by atoms with E-state index in [4.69, 9.17) is 4.74 Å². The van der Waals surface area contributed by atoms with Gasteiger partial charge in [-0.1, -0.05) is 98.8 Å². The number of benzene rings is 3. The lowest BCUT2D eigenvalue weighted by Crippen LogP contribution is -2.44. The second-order valence-corrected chi connectivity index (χ2v) is 11.7. The molecule has 0 aromatic heterocycles. The van der Waals surface area contributed by atoms with Crippen molar-refractivity contribution in [2.24, 2.45) is 34.5 Å². The van der Waals surface area contributed by atoms with Gasteiger partial charge in [0.05, 0.1) is 0 Å². The van der Waals surface area contributed by atoms with E-state index in [0.717, 1.165) is 11.8 Å². The first-order valence-electron chi connectivity index (χ1n) is 12.5. The zero-order valence-electron chi connectivity index (χ0n) is 18.9. The van der Waals surface area contributed by atoms with Gasteiger partial charge in [-0.25, -0.2) is 0 Å². The normalized spacial score (nSPS) is 43.4. The van der Waals surface area contributed by atoms with Crippen molar-refractivity contribution in [3.8, 4) is 0 Å². The van der Waals surface area contributed by atoms with Crippen molar-refractivity contribution in [3.63, 3.8) is 0 Å². The number of hydrogen-bond acceptors (Lipinski definition) is 1. The summed E-state index contributed by atoms with van der Waals surface area (Å²) in [4.78, 5) is 0. The molecule has 8 rings (SSSR count). The van der Waals surface area contributed by atoms with Crippen LogP contribution in [0.25, 0.3) is 0 Å². The van der Waals surface area contributed by atoms with Gasteiger partial charge in [0.25, 0.3) is 0 Å². The lowest BCUT2D eigenvalue weighted by atomic mass is 9.61. The van der Waals surface area contributed by atoms with Gasteiger partial charge >= 0.3 is 0 Å². The van der Waals surface area contributed by atoms with Crippen LogP contribution in [0.4, 0.5) is 0 Å². The van der Waals surface area contributed by atoms with E-state index in [-0.39, 0.29) is 11.2 Å². The largest absolute Gasteiger partial charge is 0.349 e. The first-order chi connectivity index (χ1) is 15.6. The van der Waals surface area contributed by atoms with Crippen molar-refractivity contribution in [1.82, 2.24) is 0 Å². The standard InChI is InChI=1S/C31H30O/c1-28(2)22-17-18-23(19-22)29(28)26-27(29)31(21-13-7-4-8-14-21)25-16-10-9-15-24(25)30(26,32-31)20-11-5-3-6-12-20/h3-16,22-23,26-27H,17-19H2,1-2H3. The summed E-state index contributed by atoms with van der Waals surface area (Å²) in [6.45, 7) is 5.22. The van der Waals surface area contributed by atoms with E-state index in [9.17, 15) is 0 Å². The monoisotopic (exact) mass is 418 g/mol. The SMILES string of the molecule is CC1(C)C2CCC(C2)C12C1C2C2(c3ccccc3)OC1(c1ccccc1)c1ccccc12. The van der Waals surface area contributed by atoms with Crippen molar-refractivity contribution < 1.29 is 4.74 Å². The number of fused-ring (bicyclic) bond motifs is 13. The number of hydrogen-bond donors (Lipinski definition) is 0. The molecule has 1 spiro atoms. The van der Waals surface area contributed by atoms with Gasteiger partial charge in [-0.2, -0.15) is 0 Å². The summed E-state index contributed by atoms with van der Waals surface area (Å²) in [7, 11) is 0. The summed E-state index contributed by atoms with van der Waals surface area (Å²) >= 11 is 0. The van der Waals surface area contributed by atoms with Crippen LogP contribution in [0.2, 0.25) is 0 Å². The average molecular weight is 419 g/mol. The van der Waals surface area contributed by atoms with Crippen molar-refractivity contribution in [1.29, 1.82) is 0 Å². The fourth-order valence-corrected chi connectivity index (χ4v) is 9.93. The molecular weight excluding hydrogens is 388 g/mol. The molecule has 3 aromatic carbocycles. The lowest BCUT2D eigenvalue weighted by Gasteiger charge is -2.47. The molecule has 6 unspecified atom stereocenters. The summed E-state index contributed by atoms with van der Waals surface area (Å²) < 4.78 is 7.54. The quantitative estimate of drug-likeness (QED) is 0.439. The fraction of sp³-hybridized carbons (Fsp3) is 0.419. The van der Waals surface area contributed by atoms with Gasteiger partial charge in [0, 0.05) is 11.8 Å². The molecule has 3 aliphatic carbocycles. The lowest BCUT2D eigenvalue weighted by molar-refractivity contribution is -0.125. The zero-order chi connectivity index (χ0) is 21.3. The highest BCUT2D eigenvalue weighted by Gasteiger charge is 2.94. The van der Waals surface area contributed by atoms with Crippen LogP contribution in [0.1, 0.15) is 55.4 Å². The van der Waals surface area contributed by atoms with Gasteiger partial charge in [-0.05, 0) is 64.2 Å². The number of rotatable bonds is 2. The molecular formula is C31H30O. The van der Waals surface area contributed by atoms with Gasteiger partial charge in [-0.15, -0.1) is 0 Å². The molecule has 0 N–H and O–H groups in total. The third kappa shape index (κ3) is 1.60. The molecule has 0 radical (unpaired) electrons. The molecule has 1 nitrogen and oxygen atoms in total. The number of ether oxygens (including phenoxy) is 1. The minimum atomic E-state index is -0.333. The summed E-state index contributed by atoms with van der Waals surface area (Å²) in [6, 6.07) is 31.6. The summed E-state index contributed by atoms with van der Waals surface area (Å²) in [6.07, 6.45) is 4.25. The minimum absolute atomic E-state index is 0.333. The Morgan fingerprint density at radius 2 is 1.09 bits per heavy atom. The molecule has 160 valence electrons. The average Bonchev–Trinajstić information content (AvgIpc) is 3.17. The molecule has 3 saturated carbocycles. The summed E-state index contributed by atoms with van der Waals surface area (Å²) in [5, 5.41) is 0. The third-order valence-corrected chi connectivity index (χ3v) is 10.8. The molecule has 2 aliphatic heterocycles.